The highest BCUT2D eigenvalue weighted by molar-refractivity contribution is 5.01. The van der Waals surface area contributed by atoms with Crippen LogP contribution in [0.2, 0.25) is 0 Å². The number of nitrogens with one attached hydrogen (secondary N) is 1. The Balaban J connectivity index is 2.27. The second-order valence-corrected chi connectivity index (χ2v) is 4.66. The van der Waals surface area contributed by atoms with Gasteiger partial charge in [0.25, 0.3) is 0 Å². The zero-order valence-electron chi connectivity index (χ0n) is 10.5. The maximum absolute atomic E-state index is 8.90. The van der Waals surface area contributed by atoms with Crippen LogP contribution in [0.3, 0.4) is 0 Å². The standard InChI is InChI=1S/C13H26N2O/c1-3-14-10-12(2)11-15(8-5-9-16)13-6-4-7-13/h13-14,16H,2-11H2,1H3. The van der Waals surface area contributed by atoms with E-state index in [4.69, 9.17) is 5.11 Å². The molecular weight excluding hydrogens is 200 g/mol. The highest BCUT2D eigenvalue weighted by Crippen LogP contribution is 2.25. The van der Waals surface area contributed by atoms with Crippen molar-refractivity contribution in [1.82, 2.24) is 10.2 Å². The van der Waals surface area contributed by atoms with Crippen LogP contribution >= 0.6 is 0 Å². The summed E-state index contributed by atoms with van der Waals surface area (Å²) in [6.07, 6.45) is 4.88. The lowest BCUT2D eigenvalue weighted by molar-refractivity contribution is 0.126. The molecule has 0 spiro atoms. The molecule has 2 N–H and O–H groups in total. The smallest absolute Gasteiger partial charge is 0.0443 e. The summed E-state index contributed by atoms with van der Waals surface area (Å²) < 4.78 is 0. The molecule has 1 saturated carbocycles. The Kier molecular flexibility index (Phi) is 6.69. The largest absolute Gasteiger partial charge is 0.396 e. The fourth-order valence-corrected chi connectivity index (χ4v) is 2.06. The average molecular weight is 226 g/mol. The van der Waals surface area contributed by atoms with E-state index in [1.165, 1.54) is 24.8 Å². The molecule has 0 heterocycles. The number of rotatable bonds is 9. The first-order valence-electron chi connectivity index (χ1n) is 6.50. The molecule has 1 fully saturated rings. The number of nitrogens with zero attached hydrogens (tertiary/aromatic N) is 1. The van der Waals surface area contributed by atoms with Gasteiger partial charge < -0.3 is 10.4 Å². The predicted octanol–water partition coefficient (Wildman–Crippen LogP) is 1.39. The van der Waals surface area contributed by atoms with Crippen molar-refractivity contribution in [2.75, 3.05) is 32.8 Å². The van der Waals surface area contributed by atoms with E-state index in [1.807, 2.05) is 0 Å². The molecule has 0 amide bonds. The topological polar surface area (TPSA) is 35.5 Å². The Bertz CT molecular complexity index is 202. The SMILES string of the molecule is C=C(CNCC)CN(CCCO)C1CCC1. The molecule has 0 aromatic heterocycles. The van der Waals surface area contributed by atoms with Crippen LogP contribution in [0.1, 0.15) is 32.6 Å². The summed E-state index contributed by atoms with van der Waals surface area (Å²) >= 11 is 0. The van der Waals surface area contributed by atoms with Crippen LogP contribution in [0.15, 0.2) is 12.2 Å². The molecular formula is C13H26N2O. The van der Waals surface area contributed by atoms with Gasteiger partial charge >= 0.3 is 0 Å². The summed E-state index contributed by atoms with van der Waals surface area (Å²) in [7, 11) is 0. The van der Waals surface area contributed by atoms with E-state index >= 15 is 0 Å². The molecule has 94 valence electrons. The number of aliphatic hydroxyl groups is 1. The Morgan fingerprint density at radius 2 is 2.25 bits per heavy atom. The van der Waals surface area contributed by atoms with Crippen molar-refractivity contribution >= 4 is 0 Å². The molecule has 0 aromatic rings. The first-order chi connectivity index (χ1) is 7.77. The molecule has 0 aliphatic heterocycles. The van der Waals surface area contributed by atoms with Gasteiger partial charge in [-0.25, -0.2) is 0 Å². The van der Waals surface area contributed by atoms with Gasteiger partial charge in [0.1, 0.15) is 0 Å². The molecule has 0 radical (unpaired) electrons. The van der Waals surface area contributed by atoms with Crippen molar-refractivity contribution in [2.45, 2.75) is 38.6 Å². The highest BCUT2D eigenvalue weighted by Gasteiger charge is 2.24. The molecule has 0 bridgehead atoms. The first kappa shape index (κ1) is 13.7. The number of likely N-dealkylation sites (N-methyl/N-ethyl adjacent to an activating group) is 1. The van der Waals surface area contributed by atoms with Crippen molar-refractivity contribution in [3.8, 4) is 0 Å². The van der Waals surface area contributed by atoms with E-state index < -0.39 is 0 Å². The number of hydrogen-bond donors (Lipinski definition) is 2. The van der Waals surface area contributed by atoms with Crippen LogP contribution in [-0.2, 0) is 0 Å². The van der Waals surface area contributed by atoms with Gasteiger partial charge in [-0.05, 0) is 31.4 Å². The minimum atomic E-state index is 0.295. The maximum Gasteiger partial charge on any atom is 0.0443 e. The lowest BCUT2D eigenvalue weighted by atomic mass is 9.91. The summed E-state index contributed by atoms with van der Waals surface area (Å²) in [5.41, 5.74) is 1.26. The van der Waals surface area contributed by atoms with E-state index in [-0.39, 0.29) is 0 Å². The van der Waals surface area contributed by atoms with Crippen molar-refractivity contribution in [3.63, 3.8) is 0 Å². The summed E-state index contributed by atoms with van der Waals surface area (Å²) in [6, 6.07) is 0.741. The molecule has 1 rings (SSSR count). The highest BCUT2D eigenvalue weighted by atomic mass is 16.3. The molecule has 1 aliphatic rings. The second-order valence-electron chi connectivity index (χ2n) is 4.66. The van der Waals surface area contributed by atoms with Crippen molar-refractivity contribution in [3.05, 3.63) is 12.2 Å². The summed E-state index contributed by atoms with van der Waals surface area (Å²) in [4.78, 5) is 2.49. The minimum Gasteiger partial charge on any atom is -0.396 e. The van der Waals surface area contributed by atoms with E-state index in [0.29, 0.717) is 6.61 Å². The molecule has 3 nitrogen and oxygen atoms in total. The van der Waals surface area contributed by atoms with Crippen LogP contribution in [-0.4, -0.2) is 48.8 Å². The Morgan fingerprint density at radius 3 is 2.75 bits per heavy atom. The Morgan fingerprint density at radius 1 is 1.50 bits per heavy atom. The van der Waals surface area contributed by atoms with Crippen molar-refractivity contribution in [1.29, 1.82) is 0 Å². The average Bonchev–Trinajstić information content (AvgIpc) is 2.20. The van der Waals surface area contributed by atoms with Gasteiger partial charge in [0, 0.05) is 32.3 Å². The normalized spacial score (nSPS) is 16.4. The van der Waals surface area contributed by atoms with Crippen molar-refractivity contribution in [2.24, 2.45) is 0 Å². The van der Waals surface area contributed by atoms with E-state index in [2.05, 4.69) is 23.7 Å². The van der Waals surface area contributed by atoms with Gasteiger partial charge in [-0.1, -0.05) is 19.9 Å². The summed E-state index contributed by atoms with van der Waals surface area (Å²) in [5.74, 6) is 0. The lowest BCUT2D eigenvalue weighted by Gasteiger charge is -2.38. The van der Waals surface area contributed by atoms with E-state index in [0.717, 1.165) is 38.6 Å². The predicted molar refractivity (Wildman–Crippen MR) is 68.6 cm³/mol. The minimum absolute atomic E-state index is 0.295. The van der Waals surface area contributed by atoms with Crippen LogP contribution in [0.5, 0.6) is 0 Å². The van der Waals surface area contributed by atoms with Gasteiger partial charge in [-0.2, -0.15) is 0 Å². The third-order valence-electron chi connectivity index (χ3n) is 3.25. The molecule has 0 saturated heterocycles. The van der Waals surface area contributed by atoms with Crippen molar-refractivity contribution < 1.29 is 5.11 Å². The zero-order chi connectivity index (χ0) is 11.8. The molecule has 0 atom stereocenters. The second kappa shape index (κ2) is 7.82. The van der Waals surface area contributed by atoms with Crippen LogP contribution < -0.4 is 5.32 Å². The fourth-order valence-electron chi connectivity index (χ4n) is 2.06. The number of hydrogen-bond acceptors (Lipinski definition) is 3. The fraction of sp³-hybridized carbons (Fsp3) is 0.846. The molecule has 0 unspecified atom stereocenters. The van der Waals surface area contributed by atoms with Gasteiger partial charge in [0.05, 0.1) is 0 Å². The summed E-state index contributed by atoms with van der Waals surface area (Å²) in [6.45, 7) is 10.4. The quantitative estimate of drug-likeness (QED) is 0.583. The Labute approximate surface area is 99.5 Å². The third-order valence-corrected chi connectivity index (χ3v) is 3.25. The monoisotopic (exact) mass is 226 g/mol. The number of aliphatic hydroxyl groups excluding tert-OH is 1. The van der Waals surface area contributed by atoms with Gasteiger partial charge in [0.15, 0.2) is 0 Å². The zero-order valence-corrected chi connectivity index (χ0v) is 10.5. The Hall–Kier alpha value is -0.380. The molecule has 0 aromatic carbocycles. The van der Waals surface area contributed by atoms with Gasteiger partial charge in [-0.15, -0.1) is 0 Å². The molecule has 1 aliphatic carbocycles. The van der Waals surface area contributed by atoms with Crippen LogP contribution in [0.25, 0.3) is 0 Å². The van der Waals surface area contributed by atoms with E-state index in [1.54, 1.807) is 0 Å². The molecule has 16 heavy (non-hydrogen) atoms. The van der Waals surface area contributed by atoms with Gasteiger partial charge in [0.2, 0.25) is 0 Å². The summed E-state index contributed by atoms with van der Waals surface area (Å²) in [5, 5.41) is 12.2. The first-order valence-corrected chi connectivity index (χ1v) is 6.50. The lowest BCUT2D eigenvalue weighted by Crippen LogP contribution is -2.42. The van der Waals surface area contributed by atoms with Gasteiger partial charge in [-0.3, -0.25) is 4.90 Å². The molecule has 3 heteroatoms. The van der Waals surface area contributed by atoms with Crippen LogP contribution in [0.4, 0.5) is 0 Å². The third kappa shape index (κ3) is 4.64. The maximum atomic E-state index is 8.90. The van der Waals surface area contributed by atoms with Crippen LogP contribution in [0, 0.1) is 0 Å². The van der Waals surface area contributed by atoms with E-state index in [9.17, 15) is 0 Å².